The lowest BCUT2D eigenvalue weighted by Crippen LogP contribution is -2.33. The topological polar surface area (TPSA) is 88.6 Å². The minimum Gasteiger partial charge on any atom is -0.475 e. The molecule has 0 unspecified atom stereocenters. The fourth-order valence-corrected chi connectivity index (χ4v) is 2.93. The number of ether oxygens (including phenoxy) is 1. The van der Waals surface area contributed by atoms with Crippen LogP contribution in [0.15, 0.2) is 36.5 Å². The van der Waals surface area contributed by atoms with Crippen LogP contribution >= 0.6 is 0 Å². The molecule has 27 heavy (non-hydrogen) atoms. The average Bonchev–Trinajstić information content (AvgIpc) is 2.86. The normalized spacial score (nSPS) is 14.1. The molecule has 3 amide bonds. The number of aryl methyl sites for hydroxylation is 1. The monoisotopic (exact) mass is 367 g/mol. The first-order valence-corrected chi connectivity index (χ1v) is 8.73. The van der Waals surface area contributed by atoms with E-state index in [2.05, 4.69) is 10.3 Å². The lowest BCUT2D eigenvalue weighted by molar-refractivity contribution is -0.114. The van der Waals surface area contributed by atoms with E-state index >= 15 is 0 Å². The van der Waals surface area contributed by atoms with Crippen LogP contribution in [0, 0.1) is 6.92 Å². The number of rotatable bonds is 6. The summed E-state index contributed by atoms with van der Waals surface area (Å²) >= 11 is 0. The third-order valence-corrected chi connectivity index (χ3v) is 4.36. The number of benzene rings is 1. The van der Waals surface area contributed by atoms with Crippen molar-refractivity contribution in [3.63, 3.8) is 0 Å². The van der Waals surface area contributed by atoms with Gasteiger partial charge in [-0.15, -0.1) is 0 Å². The van der Waals surface area contributed by atoms with Crippen molar-refractivity contribution in [1.29, 1.82) is 0 Å². The van der Waals surface area contributed by atoms with Gasteiger partial charge in [0.1, 0.15) is 0 Å². The number of hydrogen-bond donors (Lipinski definition) is 1. The largest absolute Gasteiger partial charge is 0.475 e. The van der Waals surface area contributed by atoms with Crippen LogP contribution in [0.5, 0.6) is 5.88 Å². The van der Waals surface area contributed by atoms with Crippen molar-refractivity contribution in [2.24, 2.45) is 0 Å². The Morgan fingerprint density at radius 3 is 2.41 bits per heavy atom. The van der Waals surface area contributed by atoms with E-state index in [0.717, 1.165) is 5.56 Å². The summed E-state index contributed by atoms with van der Waals surface area (Å²) in [5.41, 5.74) is 2.36. The summed E-state index contributed by atoms with van der Waals surface area (Å²) in [6, 6.07) is 8.57. The number of hydrogen-bond acceptors (Lipinski definition) is 5. The second-order valence-corrected chi connectivity index (χ2v) is 6.54. The Balaban J connectivity index is 1.58. The summed E-state index contributed by atoms with van der Waals surface area (Å²) in [6.07, 6.45) is 1.79. The van der Waals surface area contributed by atoms with Crippen molar-refractivity contribution >= 4 is 23.4 Å². The third-order valence-electron chi connectivity index (χ3n) is 4.36. The van der Waals surface area contributed by atoms with Gasteiger partial charge in [-0.1, -0.05) is 12.1 Å². The summed E-state index contributed by atoms with van der Waals surface area (Å²) in [6.45, 7) is 5.42. The van der Waals surface area contributed by atoms with Crippen LogP contribution in [-0.4, -0.2) is 40.3 Å². The number of aromatic nitrogens is 1. The van der Waals surface area contributed by atoms with Gasteiger partial charge in [0.2, 0.25) is 11.8 Å². The van der Waals surface area contributed by atoms with Crippen LogP contribution in [0.4, 0.5) is 5.69 Å². The molecular weight excluding hydrogens is 346 g/mol. The number of carbonyl (C=O) groups is 3. The lowest BCUT2D eigenvalue weighted by Gasteiger charge is -2.19. The molecule has 0 saturated heterocycles. The van der Waals surface area contributed by atoms with Crippen LogP contribution in [0.3, 0.4) is 0 Å². The maximum atomic E-state index is 12.4. The zero-order valence-corrected chi connectivity index (χ0v) is 15.5. The molecular formula is C20H21N3O4. The first-order valence-electron chi connectivity index (χ1n) is 8.73. The molecule has 7 nitrogen and oxygen atoms in total. The molecule has 0 radical (unpaired) electrons. The van der Waals surface area contributed by atoms with E-state index in [1.54, 1.807) is 36.5 Å². The van der Waals surface area contributed by atoms with Crippen molar-refractivity contribution in [2.45, 2.75) is 33.3 Å². The van der Waals surface area contributed by atoms with E-state index in [0.29, 0.717) is 29.1 Å². The Morgan fingerprint density at radius 2 is 1.85 bits per heavy atom. The summed E-state index contributed by atoms with van der Waals surface area (Å²) in [7, 11) is 0. The predicted molar refractivity (Wildman–Crippen MR) is 99.8 cm³/mol. The van der Waals surface area contributed by atoms with Gasteiger partial charge < -0.3 is 10.1 Å². The molecule has 1 aromatic carbocycles. The molecule has 0 bridgehead atoms. The Labute approximate surface area is 157 Å². The first kappa shape index (κ1) is 18.6. The summed E-state index contributed by atoms with van der Waals surface area (Å²) in [5, 5.41) is 2.70. The van der Waals surface area contributed by atoms with E-state index < -0.39 is 0 Å². The van der Waals surface area contributed by atoms with Gasteiger partial charge in [0.05, 0.1) is 29.1 Å². The number of pyridine rings is 1. The highest BCUT2D eigenvalue weighted by atomic mass is 16.5. The van der Waals surface area contributed by atoms with Gasteiger partial charge in [0.25, 0.3) is 11.8 Å². The number of nitrogens with zero attached hydrogens (tertiary/aromatic N) is 2. The number of carbonyl (C=O) groups excluding carboxylic acids is 3. The molecule has 1 aliphatic heterocycles. The molecule has 7 heteroatoms. The smallest absolute Gasteiger partial charge is 0.261 e. The zero-order valence-electron chi connectivity index (χ0n) is 15.5. The van der Waals surface area contributed by atoms with Gasteiger partial charge in [-0.2, -0.15) is 0 Å². The molecule has 1 aliphatic rings. The van der Waals surface area contributed by atoms with Crippen LogP contribution in [-0.2, 0) is 4.79 Å². The molecule has 1 atom stereocenters. The van der Waals surface area contributed by atoms with E-state index in [-0.39, 0.29) is 30.4 Å². The minimum atomic E-state index is -0.267. The minimum absolute atomic E-state index is 0.164. The first-order chi connectivity index (χ1) is 12.9. The summed E-state index contributed by atoms with van der Waals surface area (Å²) < 4.78 is 5.79. The van der Waals surface area contributed by atoms with Gasteiger partial charge in [-0.05, 0) is 31.5 Å². The highest BCUT2D eigenvalue weighted by Gasteiger charge is 2.34. The maximum Gasteiger partial charge on any atom is 0.261 e. The molecule has 2 aromatic rings. The Morgan fingerprint density at radius 1 is 1.22 bits per heavy atom. The van der Waals surface area contributed by atoms with Gasteiger partial charge in [0.15, 0.2) is 0 Å². The van der Waals surface area contributed by atoms with Crippen molar-refractivity contribution in [2.75, 3.05) is 11.9 Å². The molecule has 0 spiro atoms. The van der Waals surface area contributed by atoms with Gasteiger partial charge in [-0.25, -0.2) is 4.98 Å². The van der Waals surface area contributed by atoms with E-state index in [1.165, 1.54) is 11.8 Å². The van der Waals surface area contributed by atoms with Crippen molar-refractivity contribution in [3.05, 3.63) is 53.2 Å². The fourth-order valence-electron chi connectivity index (χ4n) is 2.93. The van der Waals surface area contributed by atoms with Crippen molar-refractivity contribution in [3.8, 4) is 5.88 Å². The van der Waals surface area contributed by atoms with Gasteiger partial charge in [-0.3, -0.25) is 19.3 Å². The number of anilines is 1. The van der Waals surface area contributed by atoms with E-state index in [4.69, 9.17) is 4.74 Å². The molecule has 0 aliphatic carbocycles. The maximum absolute atomic E-state index is 12.4. The summed E-state index contributed by atoms with van der Waals surface area (Å²) in [4.78, 5) is 41.3. The number of nitrogens with one attached hydrogen (secondary N) is 1. The molecule has 0 fully saturated rings. The highest BCUT2D eigenvalue weighted by molar-refractivity contribution is 6.21. The molecule has 140 valence electrons. The van der Waals surface area contributed by atoms with E-state index in [1.807, 2.05) is 13.8 Å². The van der Waals surface area contributed by atoms with Crippen LogP contribution in [0.2, 0.25) is 0 Å². The lowest BCUT2D eigenvalue weighted by atomic mass is 10.1. The Hall–Kier alpha value is -3.22. The second-order valence-electron chi connectivity index (χ2n) is 6.54. The third kappa shape index (κ3) is 3.97. The SMILES string of the molecule is CC(=O)Nc1cnc(O[C@H](C)CCN2C(=O)c3ccccc3C2=O)cc1C. The van der Waals surface area contributed by atoms with Crippen LogP contribution < -0.4 is 10.1 Å². The average molecular weight is 367 g/mol. The second kappa shape index (κ2) is 7.57. The molecule has 3 rings (SSSR count). The summed E-state index contributed by atoms with van der Waals surface area (Å²) in [5.74, 6) is -0.271. The zero-order chi connectivity index (χ0) is 19.6. The molecule has 1 N–H and O–H groups in total. The molecule has 2 heterocycles. The van der Waals surface area contributed by atoms with Gasteiger partial charge >= 0.3 is 0 Å². The quantitative estimate of drug-likeness (QED) is 0.793. The van der Waals surface area contributed by atoms with E-state index in [9.17, 15) is 14.4 Å². The van der Waals surface area contributed by atoms with Crippen molar-refractivity contribution in [1.82, 2.24) is 9.88 Å². The fraction of sp³-hybridized carbons (Fsp3) is 0.300. The van der Waals surface area contributed by atoms with Crippen molar-refractivity contribution < 1.29 is 19.1 Å². The Kier molecular flexibility index (Phi) is 5.21. The number of fused-ring (bicyclic) bond motifs is 1. The van der Waals surface area contributed by atoms with Crippen LogP contribution in [0.25, 0.3) is 0 Å². The predicted octanol–water partition coefficient (Wildman–Crippen LogP) is 2.80. The molecule has 0 saturated carbocycles. The van der Waals surface area contributed by atoms with Gasteiger partial charge in [0, 0.05) is 26.0 Å². The van der Waals surface area contributed by atoms with Crippen LogP contribution in [0.1, 0.15) is 46.5 Å². The highest BCUT2D eigenvalue weighted by Crippen LogP contribution is 2.23. The number of imide groups is 1. The molecule has 1 aromatic heterocycles. The Bertz CT molecular complexity index is 875. The number of amides is 3. The standard InChI is InChI=1S/C20H21N3O4/c1-12-10-18(21-11-17(12)22-14(3)24)27-13(2)8-9-23-19(25)15-6-4-5-7-16(15)20(23)26/h4-7,10-11,13H,8-9H2,1-3H3,(H,22,24)/t13-/m1/s1.